The smallest absolute Gasteiger partial charge is 0.406 e. The van der Waals surface area contributed by atoms with Gasteiger partial charge in [-0.15, -0.1) is 23.4 Å². The van der Waals surface area contributed by atoms with Gasteiger partial charge in [0.05, 0.1) is 5.75 Å². The molecule has 3 aromatic rings. The molecule has 2 N–H and O–H groups in total. The second-order valence-corrected chi connectivity index (χ2v) is 7.13. The van der Waals surface area contributed by atoms with Gasteiger partial charge in [0.15, 0.2) is 5.82 Å². The third kappa shape index (κ3) is 7.23. The number of nitrogens with zero attached hydrogens (tertiary/aromatic N) is 2. The molecule has 1 heterocycles. The summed E-state index contributed by atoms with van der Waals surface area (Å²) in [5.74, 6) is -1.79. The Morgan fingerprint density at radius 2 is 1.72 bits per heavy atom. The van der Waals surface area contributed by atoms with E-state index in [9.17, 15) is 27.2 Å². The Morgan fingerprint density at radius 3 is 2.34 bits per heavy atom. The number of ether oxygens (including phenoxy) is 1. The molecule has 166 valence electrons. The lowest BCUT2D eigenvalue weighted by molar-refractivity contribution is -0.274. The first kappa shape index (κ1) is 23.0. The highest BCUT2D eigenvalue weighted by Crippen LogP contribution is 2.24. The molecule has 0 bridgehead atoms. The number of aromatic nitrogens is 2. The summed E-state index contributed by atoms with van der Waals surface area (Å²) < 4.78 is 53.4. The van der Waals surface area contributed by atoms with Gasteiger partial charge in [-0.2, -0.15) is 0 Å². The predicted molar refractivity (Wildman–Crippen MR) is 109 cm³/mol. The van der Waals surface area contributed by atoms with Gasteiger partial charge in [0.25, 0.3) is 5.91 Å². The minimum Gasteiger partial charge on any atom is -0.406 e. The Morgan fingerprint density at radius 1 is 0.969 bits per heavy atom. The summed E-state index contributed by atoms with van der Waals surface area (Å²) in [6.07, 6.45) is -4.79. The topological polar surface area (TPSA) is 93.2 Å². The van der Waals surface area contributed by atoms with E-state index < -0.39 is 29.7 Å². The van der Waals surface area contributed by atoms with Crippen molar-refractivity contribution in [2.24, 2.45) is 0 Å². The minimum absolute atomic E-state index is 0.0372. The molecule has 0 fully saturated rings. The first-order chi connectivity index (χ1) is 15.2. The zero-order chi connectivity index (χ0) is 23.1. The van der Waals surface area contributed by atoms with Crippen molar-refractivity contribution in [2.45, 2.75) is 11.4 Å². The summed E-state index contributed by atoms with van der Waals surface area (Å²) >= 11 is 1.06. The normalized spacial score (nSPS) is 11.0. The standard InChI is InChI=1S/C20H14F4N4O3S/c21-13-3-1-2-12(10-13)19(30)26-16-8-9-18(28-27-16)32-11-17(29)25-14-4-6-15(7-5-14)31-20(22,23)24/h1-10H,11H2,(H,25,29)(H,26,27,30). The Labute approximate surface area is 183 Å². The average Bonchev–Trinajstić information content (AvgIpc) is 2.73. The second-order valence-electron chi connectivity index (χ2n) is 6.13. The lowest BCUT2D eigenvalue weighted by Crippen LogP contribution is -2.17. The van der Waals surface area contributed by atoms with Gasteiger partial charge in [-0.3, -0.25) is 9.59 Å². The molecule has 32 heavy (non-hydrogen) atoms. The van der Waals surface area contributed by atoms with E-state index in [1.165, 1.54) is 42.5 Å². The first-order valence-corrected chi connectivity index (χ1v) is 9.86. The number of anilines is 2. The molecule has 2 aromatic carbocycles. The van der Waals surface area contributed by atoms with Gasteiger partial charge in [0.1, 0.15) is 16.6 Å². The van der Waals surface area contributed by atoms with Gasteiger partial charge < -0.3 is 15.4 Å². The first-order valence-electron chi connectivity index (χ1n) is 8.87. The van der Waals surface area contributed by atoms with Crippen molar-refractivity contribution >= 4 is 35.1 Å². The number of carbonyl (C=O) groups is 2. The molecule has 7 nitrogen and oxygen atoms in total. The summed E-state index contributed by atoms with van der Waals surface area (Å²) in [5.41, 5.74) is 0.423. The maximum atomic E-state index is 13.2. The summed E-state index contributed by atoms with van der Waals surface area (Å²) in [6, 6.07) is 12.9. The van der Waals surface area contributed by atoms with Gasteiger partial charge in [0, 0.05) is 11.3 Å². The molecule has 2 amide bonds. The number of thioether (sulfide) groups is 1. The number of hydrogen-bond donors (Lipinski definition) is 2. The number of amides is 2. The number of halogens is 4. The fourth-order valence-electron chi connectivity index (χ4n) is 2.36. The summed E-state index contributed by atoms with van der Waals surface area (Å²) in [6.45, 7) is 0. The van der Waals surface area contributed by atoms with E-state index in [2.05, 4.69) is 25.6 Å². The molecule has 1 aromatic heterocycles. The van der Waals surface area contributed by atoms with Gasteiger partial charge in [-0.05, 0) is 54.6 Å². The van der Waals surface area contributed by atoms with Crippen LogP contribution in [0.15, 0.2) is 65.7 Å². The van der Waals surface area contributed by atoms with Crippen LogP contribution in [0.1, 0.15) is 10.4 Å². The van der Waals surface area contributed by atoms with E-state index >= 15 is 0 Å². The van der Waals surface area contributed by atoms with Crippen LogP contribution in [0.3, 0.4) is 0 Å². The maximum Gasteiger partial charge on any atom is 0.573 e. The number of rotatable bonds is 7. The quantitative estimate of drug-likeness (QED) is 0.394. The van der Waals surface area contributed by atoms with Gasteiger partial charge in [-0.1, -0.05) is 17.8 Å². The zero-order valence-electron chi connectivity index (χ0n) is 16.0. The number of alkyl halides is 3. The molecule has 0 radical (unpaired) electrons. The van der Waals surface area contributed by atoms with E-state index in [0.717, 1.165) is 30.0 Å². The van der Waals surface area contributed by atoms with Crippen LogP contribution < -0.4 is 15.4 Å². The molecule has 0 aliphatic rings. The zero-order valence-corrected chi connectivity index (χ0v) is 16.8. The Bertz CT molecular complexity index is 1090. The molecule has 0 aliphatic carbocycles. The fourth-order valence-corrected chi connectivity index (χ4v) is 2.97. The Balaban J connectivity index is 1.47. The van der Waals surface area contributed by atoms with Crippen molar-refractivity contribution in [1.82, 2.24) is 10.2 Å². The van der Waals surface area contributed by atoms with Crippen LogP contribution in [0.2, 0.25) is 0 Å². The van der Waals surface area contributed by atoms with Crippen LogP contribution >= 0.6 is 11.8 Å². The Hall–Kier alpha value is -3.67. The van der Waals surface area contributed by atoms with Crippen molar-refractivity contribution < 1.29 is 31.9 Å². The van der Waals surface area contributed by atoms with Crippen LogP contribution in [0.4, 0.5) is 29.1 Å². The lowest BCUT2D eigenvalue weighted by atomic mass is 10.2. The molecule has 0 saturated heterocycles. The highest BCUT2D eigenvalue weighted by atomic mass is 32.2. The van der Waals surface area contributed by atoms with E-state index in [-0.39, 0.29) is 17.1 Å². The molecule has 0 spiro atoms. The van der Waals surface area contributed by atoms with Crippen molar-refractivity contribution in [1.29, 1.82) is 0 Å². The molecule has 3 rings (SSSR count). The number of benzene rings is 2. The van der Waals surface area contributed by atoms with E-state index in [1.807, 2.05) is 0 Å². The minimum atomic E-state index is -4.79. The SMILES string of the molecule is O=C(CSc1ccc(NC(=O)c2cccc(F)c2)nn1)Nc1ccc(OC(F)(F)F)cc1. The molecular formula is C20H14F4N4O3S. The fraction of sp³-hybridized carbons (Fsp3) is 0.100. The van der Waals surface area contributed by atoms with Crippen molar-refractivity contribution in [3.05, 3.63) is 72.0 Å². The third-order valence-electron chi connectivity index (χ3n) is 3.69. The lowest BCUT2D eigenvalue weighted by Gasteiger charge is -2.10. The van der Waals surface area contributed by atoms with Crippen LogP contribution in [0.25, 0.3) is 0 Å². The maximum absolute atomic E-state index is 13.2. The number of hydrogen-bond acceptors (Lipinski definition) is 6. The van der Waals surface area contributed by atoms with E-state index in [1.54, 1.807) is 0 Å². The predicted octanol–water partition coefficient (Wildman–Crippen LogP) is 4.50. The van der Waals surface area contributed by atoms with Gasteiger partial charge in [0.2, 0.25) is 5.91 Å². The number of nitrogens with one attached hydrogen (secondary N) is 2. The third-order valence-corrected chi connectivity index (χ3v) is 4.61. The number of carbonyl (C=O) groups excluding carboxylic acids is 2. The van der Waals surface area contributed by atoms with E-state index in [4.69, 9.17) is 0 Å². The van der Waals surface area contributed by atoms with Crippen molar-refractivity contribution in [3.63, 3.8) is 0 Å². The molecule has 0 saturated carbocycles. The summed E-state index contributed by atoms with van der Waals surface area (Å²) in [5, 5.41) is 13.1. The van der Waals surface area contributed by atoms with Crippen molar-refractivity contribution in [3.8, 4) is 5.75 Å². The molecule has 0 aliphatic heterocycles. The average molecular weight is 466 g/mol. The van der Waals surface area contributed by atoms with Crippen LogP contribution in [0.5, 0.6) is 5.75 Å². The molecule has 0 unspecified atom stereocenters. The Kier molecular flexibility index (Phi) is 7.25. The molecule has 0 atom stereocenters. The second kappa shape index (κ2) is 10.1. The largest absolute Gasteiger partial charge is 0.573 e. The summed E-state index contributed by atoms with van der Waals surface area (Å²) in [7, 11) is 0. The van der Waals surface area contributed by atoms with Gasteiger partial charge in [-0.25, -0.2) is 4.39 Å². The molecule has 12 heteroatoms. The highest BCUT2D eigenvalue weighted by Gasteiger charge is 2.30. The van der Waals surface area contributed by atoms with E-state index in [0.29, 0.717) is 10.7 Å². The van der Waals surface area contributed by atoms with Gasteiger partial charge >= 0.3 is 6.36 Å². The van der Waals surface area contributed by atoms with Crippen LogP contribution in [-0.2, 0) is 4.79 Å². The monoisotopic (exact) mass is 466 g/mol. The van der Waals surface area contributed by atoms with Crippen LogP contribution in [-0.4, -0.2) is 34.1 Å². The highest BCUT2D eigenvalue weighted by molar-refractivity contribution is 7.99. The molecular weight excluding hydrogens is 452 g/mol. The van der Waals surface area contributed by atoms with Crippen molar-refractivity contribution in [2.75, 3.05) is 16.4 Å². The summed E-state index contributed by atoms with van der Waals surface area (Å²) in [4.78, 5) is 24.1. The van der Waals surface area contributed by atoms with Crippen LogP contribution in [0, 0.1) is 5.82 Å².